The largest absolute Gasteiger partial charge is 0.384 e. The molecule has 1 aromatic rings. The third-order valence-electron chi connectivity index (χ3n) is 2.27. The maximum atomic E-state index is 11.9. The van der Waals surface area contributed by atoms with Crippen molar-refractivity contribution in [3.05, 3.63) is 33.8 Å². The van der Waals surface area contributed by atoms with Gasteiger partial charge in [0.25, 0.3) is 0 Å². The van der Waals surface area contributed by atoms with Crippen LogP contribution in [-0.2, 0) is 0 Å². The first kappa shape index (κ1) is 13.5. The SMILES string of the molecule is CC(C)(C)C(O)C(=O)c1ccc(Cl)cc1Cl. The monoisotopic (exact) mass is 260 g/mol. The van der Waals surface area contributed by atoms with Crippen LogP contribution in [0.15, 0.2) is 18.2 Å². The van der Waals surface area contributed by atoms with Gasteiger partial charge in [0.15, 0.2) is 5.78 Å². The first-order chi connectivity index (χ1) is 7.23. The molecule has 0 aliphatic heterocycles. The van der Waals surface area contributed by atoms with Crippen molar-refractivity contribution in [2.45, 2.75) is 26.9 Å². The molecule has 0 spiro atoms. The number of halogens is 2. The van der Waals surface area contributed by atoms with Gasteiger partial charge in [-0.05, 0) is 23.6 Å². The van der Waals surface area contributed by atoms with E-state index < -0.39 is 11.5 Å². The highest BCUT2D eigenvalue weighted by atomic mass is 35.5. The van der Waals surface area contributed by atoms with E-state index in [4.69, 9.17) is 23.2 Å². The molecule has 1 rings (SSSR count). The van der Waals surface area contributed by atoms with Crippen molar-refractivity contribution in [1.29, 1.82) is 0 Å². The summed E-state index contributed by atoms with van der Waals surface area (Å²) in [5.74, 6) is -0.380. The second-order valence-corrected chi connectivity index (χ2v) is 5.60. The Kier molecular flexibility index (Phi) is 4.00. The number of benzene rings is 1. The van der Waals surface area contributed by atoms with Gasteiger partial charge in [0.05, 0.1) is 5.02 Å². The van der Waals surface area contributed by atoms with Crippen LogP contribution in [0.25, 0.3) is 0 Å². The van der Waals surface area contributed by atoms with Gasteiger partial charge in [-0.15, -0.1) is 0 Å². The van der Waals surface area contributed by atoms with E-state index in [1.807, 2.05) is 0 Å². The van der Waals surface area contributed by atoms with E-state index in [9.17, 15) is 9.90 Å². The molecule has 0 heterocycles. The summed E-state index contributed by atoms with van der Waals surface area (Å²) < 4.78 is 0. The average molecular weight is 261 g/mol. The van der Waals surface area contributed by atoms with Gasteiger partial charge >= 0.3 is 0 Å². The molecular formula is C12H14Cl2O2. The maximum absolute atomic E-state index is 11.9. The zero-order valence-electron chi connectivity index (χ0n) is 9.42. The standard InChI is InChI=1S/C12H14Cl2O2/c1-12(2,3)11(16)10(15)8-5-4-7(13)6-9(8)14/h4-6,11,16H,1-3H3. The lowest BCUT2D eigenvalue weighted by Gasteiger charge is -2.24. The summed E-state index contributed by atoms with van der Waals surface area (Å²) in [5, 5.41) is 10.6. The van der Waals surface area contributed by atoms with E-state index in [1.165, 1.54) is 12.1 Å². The lowest BCUT2D eigenvalue weighted by Crippen LogP contribution is -2.34. The fraction of sp³-hybridized carbons (Fsp3) is 0.417. The van der Waals surface area contributed by atoms with E-state index in [1.54, 1.807) is 26.8 Å². The van der Waals surface area contributed by atoms with Gasteiger partial charge in [0.2, 0.25) is 0 Å². The van der Waals surface area contributed by atoms with Gasteiger partial charge < -0.3 is 5.11 Å². The molecular weight excluding hydrogens is 247 g/mol. The number of hydrogen-bond donors (Lipinski definition) is 1. The Morgan fingerprint density at radius 3 is 2.31 bits per heavy atom. The highest BCUT2D eigenvalue weighted by Gasteiger charge is 2.30. The second-order valence-electron chi connectivity index (χ2n) is 4.76. The van der Waals surface area contributed by atoms with Crippen LogP contribution in [-0.4, -0.2) is 17.0 Å². The van der Waals surface area contributed by atoms with Crippen molar-refractivity contribution in [1.82, 2.24) is 0 Å². The van der Waals surface area contributed by atoms with Crippen molar-refractivity contribution < 1.29 is 9.90 Å². The van der Waals surface area contributed by atoms with Crippen LogP contribution in [0.5, 0.6) is 0 Å². The maximum Gasteiger partial charge on any atom is 0.193 e. The highest BCUT2D eigenvalue weighted by Crippen LogP contribution is 2.27. The van der Waals surface area contributed by atoms with Gasteiger partial charge in [0.1, 0.15) is 6.10 Å². The summed E-state index contributed by atoms with van der Waals surface area (Å²) in [6.45, 7) is 5.37. The molecule has 1 atom stereocenters. The third kappa shape index (κ3) is 2.97. The van der Waals surface area contributed by atoms with Gasteiger partial charge in [-0.2, -0.15) is 0 Å². The summed E-state index contributed by atoms with van der Waals surface area (Å²) in [7, 11) is 0. The number of aliphatic hydroxyl groups is 1. The van der Waals surface area contributed by atoms with Crippen LogP contribution in [0, 0.1) is 5.41 Å². The fourth-order valence-corrected chi connectivity index (χ4v) is 1.73. The van der Waals surface area contributed by atoms with Crippen molar-refractivity contribution in [2.24, 2.45) is 5.41 Å². The average Bonchev–Trinajstić information content (AvgIpc) is 2.14. The van der Waals surface area contributed by atoms with Crippen molar-refractivity contribution in [3.8, 4) is 0 Å². The minimum Gasteiger partial charge on any atom is -0.384 e. The molecule has 16 heavy (non-hydrogen) atoms. The zero-order valence-corrected chi connectivity index (χ0v) is 10.9. The van der Waals surface area contributed by atoms with Crippen LogP contribution < -0.4 is 0 Å². The van der Waals surface area contributed by atoms with Crippen LogP contribution in [0.4, 0.5) is 0 Å². The Bertz CT molecular complexity index is 408. The quantitative estimate of drug-likeness (QED) is 0.826. The number of hydrogen-bond acceptors (Lipinski definition) is 2. The number of Topliss-reactive ketones (excluding diaryl/α,β-unsaturated/α-hetero) is 1. The Labute approximate surface area is 105 Å². The minimum atomic E-state index is -1.08. The number of carbonyl (C=O) groups is 1. The minimum absolute atomic E-state index is 0.265. The van der Waals surface area contributed by atoms with Gasteiger partial charge in [-0.1, -0.05) is 44.0 Å². The third-order valence-corrected chi connectivity index (χ3v) is 2.81. The summed E-state index contributed by atoms with van der Waals surface area (Å²) >= 11 is 11.6. The number of ketones is 1. The predicted molar refractivity (Wildman–Crippen MR) is 66.3 cm³/mol. The topological polar surface area (TPSA) is 37.3 Å². The Balaban J connectivity index is 3.06. The van der Waals surface area contributed by atoms with Gasteiger partial charge in [-0.3, -0.25) is 4.79 Å². The summed E-state index contributed by atoms with van der Waals surface area (Å²) in [4.78, 5) is 11.9. The lowest BCUT2D eigenvalue weighted by molar-refractivity contribution is 0.0443. The molecule has 1 unspecified atom stereocenters. The zero-order chi connectivity index (χ0) is 12.5. The normalized spacial score (nSPS) is 13.6. The first-order valence-corrected chi connectivity index (χ1v) is 5.66. The first-order valence-electron chi connectivity index (χ1n) is 4.91. The number of aliphatic hydroxyl groups excluding tert-OH is 1. The van der Waals surface area contributed by atoms with E-state index in [0.717, 1.165) is 0 Å². The lowest BCUT2D eigenvalue weighted by atomic mass is 9.84. The highest BCUT2D eigenvalue weighted by molar-refractivity contribution is 6.37. The molecule has 1 aromatic carbocycles. The molecule has 0 bridgehead atoms. The van der Waals surface area contributed by atoms with Crippen molar-refractivity contribution in [3.63, 3.8) is 0 Å². The summed E-state index contributed by atoms with van der Waals surface area (Å²) in [5.41, 5.74) is -0.214. The molecule has 0 aliphatic carbocycles. The molecule has 0 aromatic heterocycles. The van der Waals surface area contributed by atoms with Crippen LogP contribution in [0.2, 0.25) is 10.0 Å². The van der Waals surface area contributed by atoms with Gasteiger partial charge in [-0.25, -0.2) is 0 Å². The number of carbonyl (C=O) groups excluding carboxylic acids is 1. The van der Waals surface area contributed by atoms with Crippen LogP contribution >= 0.6 is 23.2 Å². The van der Waals surface area contributed by atoms with E-state index in [0.29, 0.717) is 10.6 Å². The fourth-order valence-electron chi connectivity index (χ4n) is 1.23. The molecule has 0 saturated carbocycles. The Morgan fingerprint density at radius 1 is 1.31 bits per heavy atom. The van der Waals surface area contributed by atoms with E-state index >= 15 is 0 Å². The second kappa shape index (κ2) is 4.74. The number of rotatable bonds is 2. The summed E-state index contributed by atoms with van der Waals surface area (Å²) in [6.07, 6.45) is -1.08. The molecule has 0 aliphatic rings. The molecule has 88 valence electrons. The molecule has 0 radical (unpaired) electrons. The molecule has 4 heteroatoms. The van der Waals surface area contributed by atoms with Crippen molar-refractivity contribution in [2.75, 3.05) is 0 Å². The smallest absolute Gasteiger partial charge is 0.193 e. The summed E-state index contributed by atoms with van der Waals surface area (Å²) in [6, 6.07) is 4.60. The van der Waals surface area contributed by atoms with Crippen LogP contribution in [0.3, 0.4) is 0 Å². The van der Waals surface area contributed by atoms with Crippen molar-refractivity contribution >= 4 is 29.0 Å². The predicted octanol–water partition coefficient (Wildman–Crippen LogP) is 3.58. The molecule has 0 amide bonds. The molecule has 2 nitrogen and oxygen atoms in total. The molecule has 1 N–H and O–H groups in total. The molecule has 0 fully saturated rings. The molecule has 0 saturated heterocycles. The Morgan fingerprint density at radius 2 is 1.88 bits per heavy atom. The van der Waals surface area contributed by atoms with Gasteiger partial charge in [0, 0.05) is 10.6 Å². The van der Waals surface area contributed by atoms with E-state index in [-0.39, 0.29) is 10.8 Å². The van der Waals surface area contributed by atoms with E-state index in [2.05, 4.69) is 0 Å². The Hall–Kier alpha value is -0.570. The van der Waals surface area contributed by atoms with Crippen LogP contribution in [0.1, 0.15) is 31.1 Å².